The second-order valence-electron chi connectivity index (χ2n) is 3.88. The molecule has 0 spiro atoms. The van der Waals surface area contributed by atoms with Gasteiger partial charge < -0.3 is 4.74 Å². The highest BCUT2D eigenvalue weighted by atomic mass is 32.1. The summed E-state index contributed by atoms with van der Waals surface area (Å²) >= 11 is 0.224. The summed E-state index contributed by atoms with van der Waals surface area (Å²) in [7, 11) is 0. The molecular formula is C12H7F3N4O2S. The van der Waals surface area contributed by atoms with Crippen LogP contribution < -0.4 is 10.1 Å². The summed E-state index contributed by atoms with van der Waals surface area (Å²) in [5.41, 5.74) is 0.436. The predicted molar refractivity (Wildman–Crippen MR) is 70.2 cm³/mol. The van der Waals surface area contributed by atoms with E-state index in [0.29, 0.717) is 11.3 Å². The van der Waals surface area contributed by atoms with E-state index in [9.17, 15) is 18.0 Å². The van der Waals surface area contributed by atoms with Crippen LogP contribution in [0.25, 0.3) is 0 Å². The lowest BCUT2D eigenvalue weighted by atomic mass is 10.2. The van der Waals surface area contributed by atoms with Crippen molar-refractivity contribution in [1.29, 1.82) is 5.26 Å². The Balaban J connectivity index is 1.87. The fourth-order valence-electron chi connectivity index (χ4n) is 1.32. The number of nitriles is 1. The summed E-state index contributed by atoms with van der Waals surface area (Å²) < 4.78 is 42.1. The third-order valence-electron chi connectivity index (χ3n) is 2.27. The average molecular weight is 328 g/mol. The van der Waals surface area contributed by atoms with E-state index in [2.05, 4.69) is 15.5 Å². The van der Waals surface area contributed by atoms with E-state index in [1.807, 2.05) is 6.07 Å². The number of nitrogens with zero attached hydrogens (tertiary/aromatic N) is 3. The molecule has 1 N–H and O–H groups in total. The SMILES string of the molecule is N#Cc1ccc(OCC(=O)Nc2nnc(C(F)(F)F)s2)cc1. The molecule has 10 heteroatoms. The zero-order chi connectivity index (χ0) is 16.2. The zero-order valence-electron chi connectivity index (χ0n) is 10.7. The molecule has 0 aliphatic rings. The van der Waals surface area contributed by atoms with Crippen molar-refractivity contribution in [3.8, 4) is 11.8 Å². The van der Waals surface area contributed by atoms with Crippen LogP contribution in [0.5, 0.6) is 5.75 Å². The highest BCUT2D eigenvalue weighted by molar-refractivity contribution is 7.15. The van der Waals surface area contributed by atoms with Gasteiger partial charge in [-0.25, -0.2) is 0 Å². The third-order valence-corrected chi connectivity index (χ3v) is 3.15. The first-order chi connectivity index (χ1) is 10.4. The quantitative estimate of drug-likeness (QED) is 0.931. The second-order valence-corrected chi connectivity index (χ2v) is 4.86. The van der Waals surface area contributed by atoms with Gasteiger partial charge in [-0.15, -0.1) is 10.2 Å². The van der Waals surface area contributed by atoms with Gasteiger partial charge in [0.25, 0.3) is 5.91 Å². The fraction of sp³-hybridized carbons (Fsp3) is 0.167. The standard InChI is InChI=1S/C12H7F3N4O2S/c13-12(14,15)10-18-19-11(22-10)17-9(20)6-21-8-3-1-7(5-16)2-4-8/h1-4H,6H2,(H,17,19,20). The number of hydrogen-bond acceptors (Lipinski definition) is 6. The van der Waals surface area contributed by atoms with Crippen molar-refractivity contribution in [2.75, 3.05) is 11.9 Å². The van der Waals surface area contributed by atoms with Gasteiger partial charge in [0.15, 0.2) is 6.61 Å². The van der Waals surface area contributed by atoms with Crippen LogP contribution in [0.4, 0.5) is 18.3 Å². The van der Waals surface area contributed by atoms with Gasteiger partial charge in [0, 0.05) is 0 Å². The van der Waals surface area contributed by atoms with Crippen LogP contribution in [0.2, 0.25) is 0 Å². The van der Waals surface area contributed by atoms with Gasteiger partial charge in [-0.1, -0.05) is 11.3 Å². The molecule has 0 aliphatic carbocycles. The Morgan fingerprint density at radius 1 is 1.32 bits per heavy atom. The van der Waals surface area contributed by atoms with Gasteiger partial charge in [0.1, 0.15) is 5.75 Å². The number of ether oxygens (including phenoxy) is 1. The molecule has 1 aromatic heterocycles. The molecule has 0 aliphatic heterocycles. The van der Waals surface area contributed by atoms with Crippen LogP contribution in [-0.4, -0.2) is 22.7 Å². The minimum atomic E-state index is -4.60. The highest BCUT2D eigenvalue weighted by Crippen LogP contribution is 2.32. The Bertz CT molecular complexity index is 706. The summed E-state index contributed by atoms with van der Waals surface area (Å²) in [5.74, 6) is -0.323. The van der Waals surface area contributed by atoms with Crippen molar-refractivity contribution in [3.05, 3.63) is 34.8 Å². The van der Waals surface area contributed by atoms with Crippen LogP contribution in [0.15, 0.2) is 24.3 Å². The van der Waals surface area contributed by atoms with E-state index in [1.165, 1.54) is 24.3 Å². The minimum absolute atomic E-state index is 0.224. The number of amides is 1. The van der Waals surface area contributed by atoms with E-state index < -0.39 is 23.7 Å². The maximum Gasteiger partial charge on any atom is 0.445 e. The zero-order valence-corrected chi connectivity index (χ0v) is 11.5. The molecule has 0 unspecified atom stereocenters. The Labute approximate surface area is 126 Å². The number of anilines is 1. The molecule has 0 atom stereocenters. The van der Waals surface area contributed by atoms with Crippen LogP contribution in [-0.2, 0) is 11.0 Å². The number of carbonyl (C=O) groups is 1. The number of nitrogens with one attached hydrogen (secondary N) is 1. The van der Waals surface area contributed by atoms with Gasteiger partial charge in [-0.05, 0) is 24.3 Å². The normalized spacial score (nSPS) is 10.8. The first-order valence-electron chi connectivity index (χ1n) is 5.72. The Morgan fingerprint density at radius 3 is 2.55 bits per heavy atom. The highest BCUT2D eigenvalue weighted by Gasteiger charge is 2.35. The molecule has 0 fully saturated rings. The Kier molecular flexibility index (Phi) is 4.57. The molecule has 1 heterocycles. The molecule has 0 saturated heterocycles. The summed E-state index contributed by atoms with van der Waals surface area (Å²) in [6, 6.07) is 7.94. The lowest BCUT2D eigenvalue weighted by Crippen LogP contribution is -2.20. The lowest BCUT2D eigenvalue weighted by Gasteiger charge is -2.05. The third kappa shape index (κ3) is 4.16. The second kappa shape index (κ2) is 6.40. The van der Waals surface area contributed by atoms with Crippen LogP contribution in [0, 0.1) is 11.3 Å². The largest absolute Gasteiger partial charge is 0.484 e. The molecule has 0 saturated carbocycles. The molecule has 2 rings (SSSR count). The monoisotopic (exact) mass is 328 g/mol. The molecular weight excluding hydrogens is 321 g/mol. The van der Waals surface area contributed by atoms with E-state index >= 15 is 0 Å². The number of aromatic nitrogens is 2. The molecule has 1 amide bonds. The minimum Gasteiger partial charge on any atom is -0.484 e. The summed E-state index contributed by atoms with van der Waals surface area (Å²) in [6.45, 7) is -0.410. The first-order valence-corrected chi connectivity index (χ1v) is 6.53. The predicted octanol–water partition coefficient (Wildman–Crippen LogP) is 2.45. The number of carbonyl (C=O) groups excluding carboxylic acids is 1. The first kappa shape index (κ1) is 15.7. The van der Waals surface area contributed by atoms with Gasteiger partial charge in [-0.2, -0.15) is 18.4 Å². The maximum atomic E-state index is 12.3. The van der Waals surface area contributed by atoms with E-state index in [4.69, 9.17) is 10.00 Å². The van der Waals surface area contributed by atoms with Crippen molar-refractivity contribution in [3.63, 3.8) is 0 Å². The smallest absolute Gasteiger partial charge is 0.445 e. The Morgan fingerprint density at radius 2 is 2.00 bits per heavy atom. The summed E-state index contributed by atoms with van der Waals surface area (Å²) in [5, 5.41) is 15.5. The van der Waals surface area contributed by atoms with Crippen LogP contribution >= 0.6 is 11.3 Å². The molecule has 6 nitrogen and oxygen atoms in total. The number of hydrogen-bond donors (Lipinski definition) is 1. The Hall–Kier alpha value is -2.67. The average Bonchev–Trinajstić information content (AvgIpc) is 2.94. The van der Waals surface area contributed by atoms with Gasteiger partial charge >= 0.3 is 6.18 Å². The van der Waals surface area contributed by atoms with E-state index in [1.54, 1.807) is 0 Å². The van der Waals surface area contributed by atoms with Crippen LogP contribution in [0.3, 0.4) is 0 Å². The molecule has 0 bridgehead atoms. The number of rotatable bonds is 4. The van der Waals surface area contributed by atoms with Gasteiger partial charge in [0.2, 0.25) is 10.1 Å². The maximum absolute atomic E-state index is 12.3. The number of alkyl halides is 3. The molecule has 2 aromatic rings. The lowest BCUT2D eigenvalue weighted by molar-refractivity contribution is -0.138. The summed E-state index contributed by atoms with van der Waals surface area (Å²) in [4.78, 5) is 11.5. The van der Waals surface area contributed by atoms with E-state index in [-0.39, 0.29) is 16.5 Å². The van der Waals surface area contributed by atoms with Crippen LogP contribution in [0.1, 0.15) is 10.6 Å². The summed E-state index contributed by atoms with van der Waals surface area (Å²) in [6.07, 6.45) is -4.60. The van der Waals surface area contributed by atoms with Crippen molar-refractivity contribution in [2.45, 2.75) is 6.18 Å². The molecule has 114 valence electrons. The van der Waals surface area contributed by atoms with Gasteiger partial charge in [-0.3, -0.25) is 10.1 Å². The van der Waals surface area contributed by atoms with Crippen molar-refractivity contribution in [1.82, 2.24) is 10.2 Å². The van der Waals surface area contributed by atoms with Gasteiger partial charge in [0.05, 0.1) is 11.6 Å². The van der Waals surface area contributed by atoms with Crippen molar-refractivity contribution < 1.29 is 22.7 Å². The number of halogens is 3. The van der Waals surface area contributed by atoms with Crippen molar-refractivity contribution in [2.24, 2.45) is 0 Å². The number of benzene rings is 1. The molecule has 1 aromatic carbocycles. The molecule has 0 radical (unpaired) electrons. The van der Waals surface area contributed by atoms with E-state index in [0.717, 1.165) is 0 Å². The topological polar surface area (TPSA) is 87.9 Å². The van der Waals surface area contributed by atoms with Crippen molar-refractivity contribution >= 4 is 22.4 Å². The molecule has 22 heavy (non-hydrogen) atoms. The fourth-order valence-corrected chi connectivity index (χ4v) is 1.95.